The quantitative estimate of drug-likeness (QED) is 0.870. The van der Waals surface area contributed by atoms with Crippen molar-refractivity contribution >= 4 is 5.91 Å². The van der Waals surface area contributed by atoms with Gasteiger partial charge in [-0.2, -0.15) is 18.3 Å². The van der Waals surface area contributed by atoms with Crippen LogP contribution in [0.5, 0.6) is 0 Å². The zero-order valence-electron chi connectivity index (χ0n) is 10.5. The molecule has 1 aromatic carbocycles. The molecule has 2 rings (SSSR count). The summed E-state index contributed by atoms with van der Waals surface area (Å²) in [5.74, 6) is -1.32. The van der Waals surface area contributed by atoms with Crippen LogP contribution in [0.25, 0.3) is 0 Å². The lowest BCUT2D eigenvalue weighted by atomic mass is 9.91. The van der Waals surface area contributed by atoms with Crippen LogP contribution in [0.3, 0.4) is 0 Å². The van der Waals surface area contributed by atoms with E-state index in [9.17, 15) is 18.0 Å². The van der Waals surface area contributed by atoms with Gasteiger partial charge in [0, 0.05) is 25.1 Å². The molecular formula is C13H11F3N2O2. The molecule has 106 valence electrons. The Morgan fingerprint density at radius 2 is 1.85 bits per heavy atom. The molecule has 1 atom stereocenters. The van der Waals surface area contributed by atoms with E-state index in [4.69, 9.17) is 0 Å². The number of alkyl halides is 3. The standard InChI is InChI=1S/C13H11F3N2O2/c1-20-12(13(14,15)16,10-6-3-2-4-7-10)11(19)18-9-5-8-17-18/h2-9H,1H3/t12-/m1/s1. The van der Waals surface area contributed by atoms with E-state index in [0.717, 1.165) is 13.3 Å². The fourth-order valence-electron chi connectivity index (χ4n) is 1.95. The third-order valence-corrected chi connectivity index (χ3v) is 2.90. The van der Waals surface area contributed by atoms with E-state index in [2.05, 4.69) is 9.84 Å². The van der Waals surface area contributed by atoms with Crippen LogP contribution in [-0.4, -0.2) is 29.0 Å². The smallest absolute Gasteiger partial charge is 0.356 e. The Balaban J connectivity index is 2.64. The highest BCUT2D eigenvalue weighted by molar-refractivity contribution is 5.89. The molecule has 0 saturated heterocycles. The van der Waals surface area contributed by atoms with Gasteiger partial charge in [0.15, 0.2) is 0 Å². The van der Waals surface area contributed by atoms with Gasteiger partial charge >= 0.3 is 6.18 Å². The minimum absolute atomic E-state index is 0.296. The Hall–Kier alpha value is -2.15. The summed E-state index contributed by atoms with van der Waals surface area (Å²) in [6, 6.07) is 8.12. The Morgan fingerprint density at radius 3 is 2.30 bits per heavy atom. The Kier molecular flexibility index (Phi) is 3.63. The fourth-order valence-corrected chi connectivity index (χ4v) is 1.95. The lowest BCUT2D eigenvalue weighted by Crippen LogP contribution is -2.53. The first kappa shape index (κ1) is 14.3. The van der Waals surface area contributed by atoms with E-state index in [1.54, 1.807) is 6.07 Å². The highest BCUT2D eigenvalue weighted by Crippen LogP contribution is 2.42. The number of aromatic nitrogens is 2. The molecule has 0 amide bonds. The summed E-state index contributed by atoms with van der Waals surface area (Å²) < 4.78 is 45.8. The summed E-state index contributed by atoms with van der Waals surface area (Å²) in [6.07, 6.45) is -2.56. The molecule has 20 heavy (non-hydrogen) atoms. The lowest BCUT2D eigenvalue weighted by molar-refractivity contribution is -0.254. The van der Waals surface area contributed by atoms with Crippen molar-refractivity contribution in [3.05, 3.63) is 54.4 Å². The van der Waals surface area contributed by atoms with Crippen molar-refractivity contribution < 1.29 is 22.7 Å². The van der Waals surface area contributed by atoms with Crippen LogP contribution < -0.4 is 0 Å². The van der Waals surface area contributed by atoms with Crippen molar-refractivity contribution in [1.82, 2.24) is 9.78 Å². The van der Waals surface area contributed by atoms with Gasteiger partial charge in [0.1, 0.15) is 0 Å². The molecule has 0 unspecified atom stereocenters. The largest absolute Gasteiger partial charge is 0.431 e. The second-order valence-corrected chi connectivity index (χ2v) is 4.00. The number of benzene rings is 1. The van der Waals surface area contributed by atoms with Crippen LogP contribution in [0, 0.1) is 0 Å². The van der Waals surface area contributed by atoms with E-state index in [-0.39, 0.29) is 5.56 Å². The monoisotopic (exact) mass is 284 g/mol. The number of hydrogen-bond acceptors (Lipinski definition) is 3. The number of hydrogen-bond donors (Lipinski definition) is 0. The summed E-state index contributed by atoms with van der Waals surface area (Å²) in [4.78, 5) is 12.3. The summed E-state index contributed by atoms with van der Waals surface area (Å²) in [6.45, 7) is 0. The van der Waals surface area contributed by atoms with Gasteiger partial charge in [-0.3, -0.25) is 4.79 Å². The average molecular weight is 284 g/mol. The van der Waals surface area contributed by atoms with Crippen molar-refractivity contribution in [3.8, 4) is 0 Å². The van der Waals surface area contributed by atoms with Gasteiger partial charge in [-0.1, -0.05) is 30.3 Å². The molecule has 0 bridgehead atoms. The first-order chi connectivity index (χ1) is 9.43. The average Bonchev–Trinajstić information content (AvgIpc) is 2.93. The lowest BCUT2D eigenvalue weighted by Gasteiger charge is -2.32. The summed E-state index contributed by atoms with van der Waals surface area (Å²) in [5, 5.41) is 3.56. The molecule has 1 aromatic heterocycles. The maximum Gasteiger partial charge on any atom is 0.431 e. The molecule has 0 aliphatic carbocycles. The number of nitrogens with zero attached hydrogens (tertiary/aromatic N) is 2. The van der Waals surface area contributed by atoms with Crippen LogP contribution in [-0.2, 0) is 10.3 Å². The van der Waals surface area contributed by atoms with E-state index in [0.29, 0.717) is 4.68 Å². The molecule has 0 radical (unpaired) electrons. The highest BCUT2D eigenvalue weighted by Gasteiger charge is 2.63. The number of carbonyl (C=O) groups excluding carboxylic acids is 1. The van der Waals surface area contributed by atoms with Gasteiger partial charge < -0.3 is 4.74 Å². The molecule has 0 saturated carbocycles. The van der Waals surface area contributed by atoms with E-state index in [1.165, 1.54) is 36.5 Å². The second kappa shape index (κ2) is 5.09. The number of ether oxygens (including phenoxy) is 1. The highest BCUT2D eigenvalue weighted by atomic mass is 19.4. The van der Waals surface area contributed by atoms with Gasteiger partial charge in [0.05, 0.1) is 0 Å². The summed E-state index contributed by atoms with van der Waals surface area (Å²) in [5.41, 5.74) is -3.38. The minimum Gasteiger partial charge on any atom is -0.356 e. The van der Waals surface area contributed by atoms with Crippen molar-refractivity contribution in [1.29, 1.82) is 0 Å². The van der Waals surface area contributed by atoms with E-state index in [1.807, 2.05) is 0 Å². The van der Waals surface area contributed by atoms with Crippen LogP contribution >= 0.6 is 0 Å². The van der Waals surface area contributed by atoms with Gasteiger partial charge in [-0.25, -0.2) is 4.68 Å². The van der Waals surface area contributed by atoms with Crippen molar-refractivity contribution in [2.45, 2.75) is 11.8 Å². The topological polar surface area (TPSA) is 44.1 Å². The fraction of sp³-hybridized carbons (Fsp3) is 0.231. The predicted octanol–water partition coefficient (Wildman–Crippen LogP) is 2.63. The zero-order chi connectivity index (χ0) is 14.8. The van der Waals surface area contributed by atoms with Crippen molar-refractivity contribution in [2.75, 3.05) is 7.11 Å². The summed E-state index contributed by atoms with van der Waals surface area (Å²) >= 11 is 0. The van der Waals surface area contributed by atoms with Crippen molar-refractivity contribution in [2.24, 2.45) is 0 Å². The first-order valence-electron chi connectivity index (χ1n) is 5.65. The normalized spacial score (nSPS) is 14.8. The maximum absolute atomic E-state index is 13.5. The Morgan fingerprint density at radius 1 is 1.20 bits per heavy atom. The van der Waals surface area contributed by atoms with Gasteiger partial charge in [-0.05, 0) is 6.07 Å². The molecule has 0 aliphatic heterocycles. The number of rotatable bonds is 3. The van der Waals surface area contributed by atoms with E-state index < -0.39 is 17.7 Å². The third kappa shape index (κ3) is 2.09. The molecule has 0 aliphatic rings. The van der Waals surface area contributed by atoms with Crippen LogP contribution in [0.15, 0.2) is 48.8 Å². The number of halogens is 3. The molecule has 0 spiro atoms. The van der Waals surface area contributed by atoms with Gasteiger partial charge in [-0.15, -0.1) is 0 Å². The summed E-state index contributed by atoms with van der Waals surface area (Å²) in [7, 11) is 0.849. The minimum atomic E-state index is -4.92. The van der Waals surface area contributed by atoms with Crippen LogP contribution in [0.1, 0.15) is 10.4 Å². The van der Waals surface area contributed by atoms with Gasteiger partial charge in [0.2, 0.25) is 0 Å². The Labute approximate surface area is 112 Å². The molecular weight excluding hydrogens is 273 g/mol. The van der Waals surface area contributed by atoms with Crippen LogP contribution in [0.2, 0.25) is 0 Å². The molecule has 2 aromatic rings. The zero-order valence-corrected chi connectivity index (χ0v) is 10.5. The Bertz CT molecular complexity index is 581. The van der Waals surface area contributed by atoms with Gasteiger partial charge in [0.25, 0.3) is 11.5 Å². The molecule has 7 heteroatoms. The molecule has 0 fully saturated rings. The number of carbonyl (C=O) groups is 1. The molecule has 4 nitrogen and oxygen atoms in total. The van der Waals surface area contributed by atoms with Crippen molar-refractivity contribution in [3.63, 3.8) is 0 Å². The number of methoxy groups -OCH3 is 1. The predicted molar refractivity (Wildman–Crippen MR) is 64.0 cm³/mol. The molecule has 1 heterocycles. The first-order valence-corrected chi connectivity index (χ1v) is 5.65. The SMILES string of the molecule is CO[C@@](C(=O)n1cccn1)(c1ccccc1)C(F)(F)F. The molecule has 0 N–H and O–H groups in total. The van der Waals surface area contributed by atoms with Crippen LogP contribution in [0.4, 0.5) is 13.2 Å². The maximum atomic E-state index is 13.5. The van der Waals surface area contributed by atoms with E-state index >= 15 is 0 Å². The second-order valence-electron chi connectivity index (χ2n) is 4.00. The third-order valence-electron chi connectivity index (χ3n) is 2.90.